The van der Waals surface area contributed by atoms with Gasteiger partial charge in [-0.2, -0.15) is 0 Å². The molecule has 1 aromatic carbocycles. The molecule has 5 heteroatoms. The summed E-state index contributed by atoms with van der Waals surface area (Å²) < 4.78 is 10.7. The lowest BCUT2D eigenvalue weighted by molar-refractivity contribution is 0.176. The zero-order chi connectivity index (χ0) is 15.2. The molecule has 1 N–H and O–H groups in total. The van der Waals surface area contributed by atoms with Crippen molar-refractivity contribution in [1.82, 2.24) is 10.2 Å². The second-order valence-corrected chi connectivity index (χ2v) is 5.24. The van der Waals surface area contributed by atoms with Gasteiger partial charge in [0.05, 0.1) is 6.54 Å². The first kappa shape index (κ1) is 15.4. The summed E-state index contributed by atoms with van der Waals surface area (Å²) in [7, 11) is 3.41. The third kappa shape index (κ3) is 4.23. The summed E-state index contributed by atoms with van der Waals surface area (Å²) in [5.41, 5.74) is 0.842. The molecule has 0 saturated heterocycles. The summed E-state index contributed by atoms with van der Waals surface area (Å²) in [5.74, 6) is 0.776. The molecule has 0 unspecified atom stereocenters. The predicted octanol–water partition coefficient (Wildman–Crippen LogP) is 3.00. The normalized spacial score (nSPS) is 12.3. The molecule has 0 fully saturated rings. The first-order chi connectivity index (χ1) is 10.1. The number of urea groups is 1. The number of nitrogens with zero attached hydrogens (tertiary/aromatic N) is 1. The van der Waals surface area contributed by atoms with Crippen LogP contribution in [0.5, 0.6) is 0 Å². The van der Waals surface area contributed by atoms with Gasteiger partial charge in [0.25, 0.3) is 0 Å². The molecule has 0 aliphatic carbocycles. The van der Waals surface area contributed by atoms with E-state index in [2.05, 4.69) is 5.32 Å². The summed E-state index contributed by atoms with van der Waals surface area (Å²) in [6, 6.07) is 9.75. The third-order valence-corrected chi connectivity index (χ3v) is 3.34. The highest BCUT2D eigenvalue weighted by atomic mass is 16.5. The van der Waals surface area contributed by atoms with Crippen LogP contribution in [0.3, 0.4) is 0 Å². The van der Waals surface area contributed by atoms with Gasteiger partial charge in [0.2, 0.25) is 0 Å². The van der Waals surface area contributed by atoms with E-state index in [1.165, 1.54) is 0 Å². The minimum Gasteiger partial charge on any atom is -0.459 e. The van der Waals surface area contributed by atoms with Crippen LogP contribution in [0.15, 0.2) is 34.7 Å². The van der Waals surface area contributed by atoms with Crippen LogP contribution in [0.25, 0.3) is 11.0 Å². The molecule has 2 amide bonds. The van der Waals surface area contributed by atoms with Gasteiger partial charge in [0.1, 0.15) is 11.3 Å². The number of nitrogens with one attached hydrogen (secondary N) is 1. The second kappa shape index (κ2) is 7.13. The quantitative estimate of drug-likeness (QED) is 0.889. The van der Waals surface area contributed by atoms with Crippen LogP contribution in [-0.2, 0) is 11.3 Å². The van der Waals surface area contributed by atoms with E-state index in [-0.39, 0.29) is 12.1 Å². The Bertz CT molecular complexity index is 561. The second-order valence-electron chi connectivity index (χ2n) is 5.24. The molecule has 0 saturated carbocycles. The number of hydrogen-bond donors (Lipinski definition) is 1. The van der Waals surface area contributed by atoms with E-state index in [1.807, 2.05) is 37.3 Å². The van der Waals surface area contributed by atoms with Crippen LogP contribution in [0.1, 0.15) is 19.1 Å². The van der Waals surface area contributed by atoms with Crippen molar-refractivity contribution in [3.8, 4) is 0 Å². The van der Waals surface area contributed by atoms with Gasteiger partial charge in [-0.1, -0.05) is 18.2 Å². The maximum Gasteiger partial charge on any atom is 0.317 e. The molecular formula is C16H22N2O3. The van der Waals surface area contributed by atoms with Crippen molar-refractivity contribution in [2.45, 2.75) is 25.9 Å². The Morgan fingerprint density at radius 3 is 2.90 bits per heavy atom. The Balaban J connectivity index is 1.90. The summed E-state index contributed by atoms with van der Waals surface area (Å²) in [4.78, 5) is 13.7. The van der Waals surface area contributed by atoms with E-state index in [0.29, 0.717) is 13.2 Å². The average Bonchev–Trinajstić information content (AvgIpc) is 2.87. The van der Waals surface area contributed by atoms with E-state index in [9.17, 15) is 4.79 Å². The summed E-state index contributed by atoms with van der Waals surface area (Å²) in [5, 5.41) is 3.98. The molecule has 5 nitrogen and oxygen atoms in total. The van der Waals surface area contributed by atoms with Crippen LogP contribution in [0.4, 0.5) is 4.79 Å². The summed E-state index contributed by atoms with van der Waals surface area (Å²) >= 11 is 0. The van der Waals surface area contributed by atoms with E-state index < -0.39 is 0 Å². The standard InChI is InChI=1S/C16H22N2O3/c1-12(8-9-20-3)17-16(19)18(2)11-14-10-13-6-4-5-7-15(13)21-14/h4-7,10,12H,8-9,11H2,1-3H3,(H,17,19)/t12-/m0/s1. The van der Waals surface area contributed by atoms with Crippen molar-refractivity contribution < 1.29 is 13.9 Å². The molecule has 2 aromatic rings. The highest BCUT2D eigenvalue weighted by Crippen LogP contribution is 2.19. The van der Waals surface area contributed by atoms with Crippen molar-refractivity contribution in [2.24, 2.45) is 0 Å². The number of carbonyl (C=O) groups is 1. The van der Waals surface area contributed by atoms with Crippen molar-refractivity contribution in [1.29, 1.82) is 0 Å². The number of methoxy groups -OCH3 is 1. The lowest BCUT2D eigenvalue weighted by Gasteiger charge is -2.20. The van der Waals surface area contributed by atoms with Gasteiger partial charge in [0, 0.05) is 32.2 Å². The Labute approximate surface area is 124 Å². The first-order valence-electron chi connectivity index (χ1n) is 7.08. The smallest absolute Gasteiger partial charge is 0.317 e. The number of benzene rings is 1. The van der Waals surface area contributed by atoms with Crippen molar-refractivity contribution in [3.05, 3.63) is 36.1 Å². The largest absolute Gasteiger partial charge is 0.459 e. The Hall–Kier alpha value is -2.01. The topological polar surface area (TPSA) is 54.7 Å². The number of furan rings is 1. The molecule has 0 aliphatic heterocycles. The van der Waals surface area contributed by atoms with E-state index in [1.54, 1.807) is 19.1 Å². The number of fused-ring (bicyclic) bond motifs is 1. The van der Waals surface area contributed by atoms with Crippen molar-refractivity contribution in [2.75, 3.05) is 20.8 Å². The number of ether oxygens (including phenoxy) is 1. The zero-order valence-corrected chi connectivity index (χ0v) is 12.8. The Morgan fingerprint density at radius 2 is 2.19 bits per heavy atom. The molecule has 0 spiro atoms. The molecular weight excluding hydrogens is 268 g/mol. The van der Waals surface area contributed by atoms with E-state index in [4.69, 9.17) is 9.15 Å². The molecule has 1 aromatic heterocycles. The van der Waals surface area contributed by atoms with Crippen LogP contribution >= 0.6 is 0 Å². The van der Waals surface area contributed by atoms with Gasteiger partial charge in [-0.15, -0.1) is 0 Å². The molecule has 2 rings (SSSR count). The SMILES string of the molecule is COCC[C@H](C)NC(=O)N(C)Cc1cc2ccccc2o1. The van der Waals surface area contributed by atoms with Gasteiger partial charge < -0.3 is 19.4 Å². The third-order valence-electron chi connectivity index (χ3n) is 3.34. The Morgan fingerprint density at radius 1 is 1.43 bits per heavy atom. The summed E-state index contributed by atoms with van der Waals surface area (Å²) in [6.45, 7) is 3.04. The van der Waals surface area contributed by atoms with Crippen LogP contribution < -0.4 is 5.32 Å². The lowest BCUT2D eigenvalue weighted by Crippen LogP contribution is -2.41. The number of carbonyl (C=O) groups excluding carboxylic acids is 1. The fraction of sp³-hybridized carbons (Fsp3) is 0.438. The number of rotatable bonds is 6. The first-order valence-corrected chi connectivity index (χ1v) is 7.08. The zero-order valence-electron chi connectivity index (χ0n) is 12.8. The molecule has 1 heterocycles. The van der Waals surface area contributed by atoms with Crippen molar-refractivity contribution >= 4 is 17.0 Å². The lowest BCUT2D eigenvalue weighted by atomic mass is 10.2. The maximum atomic E-state index is 12.1. The maximum absolute atomic E-state index is 12.1. The number of amides is 2. The van der Waals surface area contributed by atoms with Gasteiger partial charge in [-0.05, 0) is 25.5 Å². The highest BCUT2D eigenvalue weighted by Gasteiger charge is 2.14. The molecule has 21 heavy (non-hydrogen) atoms. The monoisotopic (exact) mass is 290 g/mol. The molecule has 114 valence electrons. The highest BCUT2D eigenvalue weighted by molar-refractivity contribution is 5.78. The van der Waals surface area contributed by atoms with Gasteiger partial charge in [0.15, 0.2) is 0 Å². The van der Waals surface area contributed by atoms with E-state index >= 15 is 0 Å². The average molecular weight is 290 g/mol. The molecule has 1 atom stereocenters. The predicted molar refractivity (Wildman–Crippen MR) is 82.2 cm³/mol. The van der Waals surface area contributed by atoms with Crippen molar-refractivity contribution in [3.63, 3.8) is 0 Å². The molecule has 0 radical (unpaired) electrons. The minimum absolute atomic E-state index is 0.0792. The Kier molecular flexibility index (Phi) is 5.22. The fourth-order valence-corrected chi connectivity index (χ4v) is 2.11. The van der Waals surface area contributed by atoms with Gasteiger partial charge in [-0.25, -0.2) is 4.79 Å². The summed E-state index contributed by atoms with van der Waals surface area (Å²) in [6.07, 6.45) is 0.792. The van der Waals surface area contributed by atoms with Gasteiger partial charge >= 0.3 is 6.03 Å². The fourth-order valence-electron chi connectivity index (χ4n) is 2.11. The number of para-hydroxylation sites is 1. The molecule has 0 bridgehead atoms. The molecule has 0 aliphatic rings. The van der Waals surface area contributed by atoms with Crippen LogP contribution in [-0.4, -0.2) is 37.7 Å². The minimum atomic E-state index is -0.112. The van der Waals surface area contributed by atoms with Crippen LogP contribution in [0, 0.1) is 0 Å². The van der Waals surface area contributed by atoms with Crippen LogP contribution in [0.2, 0.25) is 0 Å². The van der Waals surface area contributed by atoms with E-state index in [0.717, 1.165) is 23.2 Å². The van der Waals surface area contributed by atoms with Gasteiger partial charge in [-0.3, -0.25) is 0 Å². The number of hydrogen-bond acceptors (Lipinski definition) is 3.